The van der Waals surface area contributed by atoms with E-state index in [0.717, 1.165) is 60.7 Å². The number of aromatic nitrogens is 3. The molecule has 5 heteroatoms. The molecule has 0 bridgehead atoms. The summed E-state index contributed by atoms with van der Waals surface area (Å²) in [5.74, 6) is 0.230. The fraction of sp³-hybridized carbons (Fsp3) is 0.118. The monoisotopic (exact) mass is 687 g/mol. The number of nitrogens with zero attached hydrogens (tertiary/aromatic N) is 3. The summed E-state index contributed by atoms with van der Waals surface area (Å²) in [7, 11) is 0. The van der Waals surface area contributed by atoms with E-state index in [0.29, 0.717) is 0 Å². The molecule has 0 radical (unpaired) electrons. The third-order valence-corrected chi connectivity index (χ3v) is 7.37. The Hall–Kier alpha value is -4.01. The van der Waals surface area contributed by atoms with Gasteiger partial charge in [0.25, 0.3) is 0 Å². The van der Waals surface area contributed by atoms with Crippen LogP contribution in [0.25, 0.3) is 60.7 Å². The topological polar surface area (TPSA) is 50.4 Å². The van der Waals surface area contributed by atoms with Crippen LogP contribution in [0.15, 0.2) is 97.2 Å². The number of hydrogen-bond acceptors (Lipinski definition) is 3. The number of fused-ring (bicyclic) bond motifs is 8. The van der Waals surface area contributed by atoms with Gasteiger partial charge in [-0.2, -0.15) is 0 Å². The van der Waals surface area contributed by atoms with Gasteiger partial charge in [0.2, 0.25) is 0 Å². The van der Waals surface area contributed by atoms with Crippen molar-refractivity contribution in [2.75, 3.05) is 0 Å². The van der Waals surface area contributed by atoms with E-state index >= 15 is 0 Å². The molecule has 0 amide bonds. The molecule has 0 aliphatic carbocycles. The average Bonchev–Trinajstić information content (AvgIpc) is 3.33. The molecular formula is C34H26N3OPt-. The second-order valence-corrected chi connectivity index (χ2v) is 10.8. The van der Waals surface area contributed by atoms with Crippen LogP contribution in [0.3, 0.4) is 0 Å². The third-order valence-electron chi connectivity index (χ3n) is 7.37. The Kier molecular flexibility index (Phi) is 6.04. The van der Waals surface area contributed by atoms with Gasteiger partial charge >= 0.3 is 0 Å². The Bertz CT molecular complexity index is 2040. The Morgan fingerprint density at radius 2 is 1.49 bits per heavy atom. The van der Waals surface area contributed by atoms with E-state index in [1.54, 1.807) is 6.07 Å². The van der Waals surface area contributed by atoms with Crippen molar-refractivity contribution in [2.24, 2.45) is 0 Å². The maximum absolute atomic E-state index is 10.9. The Balaban J connectivity index is 0.00000277. The summed E-state index contributed by atoms with van der Waals surface area (Å²) in [5.41, 5.74) is 8.74. The van der Waals surface area contributed by atoms with Crippen LogP contribution < -0.4 is 0 Å². The molecule has 4 aromatic carbocycles. The fourth-order valence-electron chi connectivity index (χ4n) is 5.44. The van der Waals surface area contributed by atoms with Crippen LogP contribution in [-0.2, 0) is 26.5 Å². The van der Waals surface area contributed by atoms with E-state index in [1.165, 1.54) is 5.56 Å². The molecule has 3 aromatic heterocycles. The van der Waals surface area contributed by atoms with Gasteiger partial charge in [-0.05, 0) is 40.6 Å². The van der Waals surface area contributed by atoms with E-state index in [9.17, 15) is 5.11 Å². The number of para-hydroxylation sites is 2. The number of pyridine rings is 2. The summed E-state index contributed by atoms with van der Waals surface area (Å²) in [4.78, 5) is 9.80. The Labute approximate surface area is 241 Å². The number of imidazole rings is 1. The molecule has 39 heavy (non-hydrogen) atoms. The maximum Gasteiger partial charge on any atom is 0.149 e. The van der Waals surface area contributed by atoms with Gasteiger partial charge in [-0.1, -0.05) is 80.4 Å². The summed E-state index contributed by atoms with van der Waals surface area (Å²) >= 11 is 0. The van der Waals surface area contributed by atoms with Crippen molar-refractivity contribution < 1.29 is 26.2 Å². The molecule has 3 heterocycles. The molecule has 0 atom stereocenters. The van der Waals surface area contributed by atoms with Gasteiger partial charge in [0.1, 0.15) is 11.4 Å². The number of phenols is 1. The molecule has 7 rings (SSSR count). The van der Waals surface area contributed by atoms with E-state index < -0.39 is 0 Å². The Morgan fingerprint density at radius 1 is 0.769 bits per heavy atom. The standard InChI is InChI=1S/C34H26N3O.Pt/c1-34(2,3)23-17-18-35-27(20-23)22-10-6-9-21(19-22)24-12-7-15-29-32(24)36-33-31-26(13-8-16-30(31)38)25-11-4-5-14-28(25)37(29)33;/h4-18,20,38H,1-3H3;/q-1;. The van der Waals surface area contributed by atoms with E-state index in [4.69, 9.17) is 4.98 Å². The van der Waals surface area contributed by atoms with Crippen LogP contribution >= 0.6 is 0 Å². The van der Waals surface area contributed by atoms with Crippen molar-refractivity contribution in [3.8, 4) is 28.1 Å². The summed E-state index contributed by atoms with van der Waals surface area (Å²) in [6.45, 7) is 6.63. The van der Waals surface area contributed by atoms with Gasteiger partial charge in [0.15, 0.2) is 0 Å². The van der Waals surface area contributed by atoms with Gasteiger partial charge in [0.05, 0.1) is 21.9 Å². The molecule has 0 aliphatic rings. The van der Waals surface area contributed by atoms with Gasteiger partial charge in [0, 0.05) is 38.3 Å². The van der Waals surface area contributed by atoms with Crippen molar-refractivity contribution >= 4 is 38.4 Å². The predicted molar refractivity (Wildman–Crippen MR) is 156 cm³/mol. The zero-order valence-corrected chi connectivity index (χ0v) is 24.1. The first-order chi connectivity index (χ1) is 18.4. The number of phenolic OH excluding ortho intramolecular Hbond substituents is 1. The van der Waals surface area contributed by atoms with Crippen LogP contribution in [0.4, 0.5) is 0 Å². The average molecular weight is 688 g/mol. The number of aromatic hydroxyl groups is 1. The first kappa shape index (κ1) is 25.3. The molecule has 0 saturated heterocycles. The number of rotatable bonds is 2. The summed E-state index contributed by atoms with van der Waals surface area (Å²) in [6.07, 6.45) is 1.88. The normalized spacial score (nSPS) is 11.9. The summed E-state index contributed by atoms with van der Waals surface area (Å²) in [6, 6.07) is 34.2. The minimum atomic E-state index is 0. The molecule has 1 N–H and O–H groups in total. The quantitative estimate of drug-likeness (QED) is 0.147. The van der Waals surface area contributed by atoms with Gasteiger partial charge < -0.3 is 5.11 Å². The molecule has 0 aliphatic heterocycles. The second kappa shape index (κ2) is 9.32. The fourth-order valence-corrected chi connectivity index (χ4v) is 5.44. The van der Waals surface area contributed by atoms with Gasteiger partial charge in [-0.25, -0.2) is 4.98 Å². The van der Waals surface area contributed by atoms with Crippen LogP contribution in [0.2, 0.25) is 0 Å². The minimum absolute atomic E-state index is 0. The van der Waals surface area contributed by atoms with E-state index in [2.05, 4.69) is 96.9 Å². The predicted octanol–water partition coefficient (Wildman–Crippen LogP) is 8.32. The van der Waals surface area contributed by atoms with Crippen molar-refractivity contribution in [2.45, 2.75) is 26.2 Å². The molecule has 0 saturated carbocycles. The van der Waals surface area contributed by atoms with E-state index in [1.807, 2.05) is 30.5 Å². The molecule has 0 unspecified atom stereocenters. The first-order valence-electron chi connectivity index (χ1n) is 12.8. The molecule has 7 aromatic rings. The van der Waals surface area contributed by atoms with Crippen LogP contribution in [-0.4, -0.2) is 19.5 Å². The van der Waals surface area contributed by atoms with Crippen molar-refractivity contribution in [1.82, 2.24) is 14.4 Å². The number of hydrogen-bond donors (Lipinski definition) is 1. The van der Waals surface area contributed by atoms with Crippen molar-refractivity contribution in [3.63, 3.8) is 0 Å². The first-order valence-corrected chi connectivity index (χ1v) is 12.8. The second-order valence-electron chi connectivity index (χ2n) is 10.8. The Morgan fingerprint density at radius 3 is 2.33 bits per heavy atom. The molecule has 194 valence electrons. The molecule has 4 nitrogen and oxygen atoms in total. The van der Waals surface area contributed by atoms with Gasteiger partial charge in [-0.15, -0.1) is 29.8 Å². The molecule has 0 spiro atoms. The number of benzene rings is 4. The summed E-state index contributed by atoms with van der Waals surface area (Å²) < 4.78 is 2.16. The van der Waals surface area contributed by atoms with E-state index in [-0.39, 0.29) is 32.2 Å². The SMILES string of the molecule is CC(C)(C)c1ccnc(-c2[c-]c(-c3cccc4c3nc3c5c(O)cccc5c5ccccc5n43)ccc2)c1.[Pt]. The van der Waals surface area contributed by atoms with Crippen LogP contribution in [0.5, 0.6) is 5.75 Å². The van der Waals surface area contributed by atoms with Crippen LogP contribution in [0.1, 0.15) is 26.3 Å². The van der Waals surface area contributed by atoms with Gasteiger partial charge in [-0.3, -0.25) is 9.38 Å². The third kappa shape index (κ3) is 4.02. The minimum Gasteiger partial charge on any atom is -0.507 e. The maximum atomic E-state index is 10.9. The zero-order chi connectivity index (χ0) is 26.0. The van der Waals surface area contributed by atoms with Crippen molar-refractivity contribution in [1.29, 1.82) is 0 Å². The molecular weight excluding hydrogens is 661 g/mol. The zero-order valence-electron chi connectivity index (χ0n) is 21.8. The molecule has 0 fully saturated rings. The van der Waals surface area contributed by atoms with Crippen LogP contribution in [0, 0.1) is 6.07 Å². The largest absolute Gasteiger partial charge is 0.507 e. The van der Waals surface area contributed by atoms with Crippen molar-refractivity contribution in [3.05, 3.63) is 109 Å². The smallest absolute Gasteiger partial charge is 0.149 e. The summed E-state index contributed by atoms with van der Waals surface area (Å²) in [5, 5.41) is 13.7.